The number of rotatable bonds is 3. The highest BCUT2D eigenvalue weighted by Crippen LogP contribution is 2.27. The highest BCUT2D eigenvalue weighted by atomic mass is 32.2. The molecule has 0 saturated carbocycles. The number of pyridine rings is 1. The molecule has 2 aromatic heterocycles. The first kappa shape index (κ1) is 15.8. The molecule has 0 spiro atoms. The molecule has 4 nitrogen and oxygen atoms in total. The molecule has 3 heterocycles. The van der Waals surface area contributed by atoms with Gasteiger partial charge in [0.15, 0.2) is 5.65 Å². The van der Waals surface area contributed by atoms with Crippen molar-refractivity contribution in [3.8, 4) is 0 Å². The number of fused-ring (bicyclic) bond motifs is 1. The van der Waals surface area contributed by atoms with Crippen LogP contribution in [-0.2, 0) is 12.0 Å². The smallest absolute Gasteiger partial charge is 0.162 e. The van der Waals surface area contributed by atoms with Gasteiger partial charge < -0.3 is 0 Å². The Morgan fingerprint density at radius 2 is 1.82 bits per heavy atom. The molecule has 0 N–H and O–H groups in total. The lowest BCUT2D eigenvalue weighted by molar-refractivity contribution is 0.220. The van der Waals surface area contributed by atoms with Gasteiger partial charge in [-0.05, 0) is 49.9 Å². The third kappa shape index (κ3) is 3.15. The largest absolute Gasteiger partial charge is 0.299 e. The fourth-order valence-corrected chi connectivity index (χ4v) is 3.77. The summed E-state index contributed by atoms with van der Waals surface area (Å²) in [5.41, 5.74) is 2.33. The summed E-state index contributed by atoms with van der Waals surface area (Å²) < 4.78 is 2.21. The molecule has 22 heavy (non-hydrogen) atoms. The maximum atomic E-state index is 4.45. The normalized spacial score (nSPS) is 17.3. The van der Waals surface area contributed by atoms with Crippen molar-refractivity contribution in [1.82, 2.24) is 19.5 Å². The molecule has 0 aliphatic carbocycles. The third-order valence-corrected chi connectivity index (χ3v) is 4.99. The van der Waals surface area contributed by atoms with Gasteiger partial charge >= 0.3 is 0 Å². The van der Waals surface area contributed by atoms with Crippen molar-refractivity contribution in [2.75, 3.05) is 19.3 Å². The molecule has 0 unspecified atom stereocenters. The van der Waals surface area contributed by atoms with Crippen LogP contribution in [0.5, 0.6) is 0 Å². The summed E-state index contributed by atoms with van der Waals surface area (Å²) in [5, 5.41) is 10.1. The Hall–Kier alpha value is -1.07. The van der Waals surface area contributed by atoms with Crippen molar-refractivity contribution in [2.45, 2.75) is 57.0 Å². The minimum Gasteiger partial charge on any atom is -0.299 e. The second-order valence-corrected chi connectivity index (χ2v) is 8.04. The van der Waals surface area contributed by atoms with E-state index in [-0.39, 0.29) is 5.41 Å². The SMILES string of the molecule is CSc1cc(CN2CCCCC2)cc2nnc(C(C)(C)C)n12. The molecule has 0 radical (unpaired) electrons. The van der Waals surface area contributed by atoms with E-state index < -0.39 is 0 Å². The average molecular weight is 318 g/mol. The fraction of sp³-hybridized carbons (Fsp3) is 0.647. The van der Waals surface area contributed by atoms with Gasteiger partial charge in [-0.1, -0.05) is 27.2 Å². The van der Waals surface area contributed by atoms with E-state index in [2.05, 4.69) is 58.7 Å². The number of nitrogens with zero attached hydrogens (tertiary/aromatic N) is 4. The Balaban J connectivity index is 1.97. The Morgan fingerprint density at radius 1 is 1.09 bits per heavy atom. The average Bonchev–Trinajstić information content (AvgIpc) is 2.91. The van der Waals surface area contributed by atoms with E-state index in [9.17, 15) is 0 Å². The fourth-order valence-electron chi connectivity index (χ4n) is 3.14. The lowest BCUT2D eigenvalue weighted by Gasteiger charge is -2.26. The molecule has 0 atom stereocenters. The maximum absolute atomic E-state index is 4.45. The molecule has 3 rings (SSSR count). The minimum atomic E-state index is -0.00170. The molecule has 120 valence electrons. The van der Waals surface area contributed by atoms with E-state index in [1.807, 2.05) is 0 Å². The van der Waals surface area contributed by atoms with Gasteiger partial charge in [0.05, 0.1) is 5.03 Å². The molecular formula is C17H26N4S. The molecule has 1 aliphatic heterocycles. The number of aromatic nitrogens is 3. The Morgan fingerprint density at radius 3 is 2.45 bits per heavy atom. The van der Waals surface area contributed by atoms with Crippen LogP contribution in [0, 0.1) is 0 Å². The van der Waals surface area contributed by atoms with Crippen LogP contribution in [0.4, 0.5) is 0 Å². The predicted molar refractivity (Wildman–Crippen MR) is 92.6 cm³/mol. The van der Waals surface area contributed by atoms with Gasteiger partial charge in [-0.2, -0.15) is 0 Å². The number of likely N-dealkylation sites (tertiary alicyclic amines) is 1. The van der Waals surface area contributed by atoms with Gasteiger partial charge in [0.2, 0.25) is 0 Å². The standard InChI is InChI=1S/C17H26N4S/c1-17(2,3)16-19-18-14-10-13(11-15(22-4)21(14)16)12-20-8-6-5-7-9-20/h10-11H,5-9,12H2,1-4H3. The molecule has 1 fully saturated rings. The minimum absolute atomic E-state index is 0.00170. The molecule has 0 bridgehead atoms. The highest BCUT2D eigenvalue weighted by Gasteiger charge is 2.23. The summed E-state index contributed by atoms with van der Waals surface area (Å²) in [6, 6.07) is 4.52. The number of hydrogen-bond donors (Lipinski definition) is 0. The van der Waals surface area contributed by atoms with Crippen molar-refractivity contribution in [2.24, 2.45) is 0 Å². The second kappa shape index (κ2) is 6.20. The van der Waals surface area contributed by atoms with Crippen LogP contribution in [-0.4, -0.2) is 38.8 Å². The quantitative estimate of drug-likeness (QED) is 0.807. The molecular weight excluding hydrogens is 292 g/mol. The van der Waals surface area contributed by atoms with Crippen LogP contribution in [0.2, 0.25) is 0 Å². The zero-order chi connectivity index (χ0) is 15.7. The van der Waals surface area contributed by atoms with Crippen molar-refractivity contribution in [1.29, 1.82) is 0 Å². The van der Waals surface area contributed by atoms with Gasteiger partial charge in [-0.3, -0.25) is 9.30 Å². The van der Waals surface area contributed by atoms with E-state index in [4.69, 9.17) is 0 Å². The summed E-state index contributed by atoms with van der Waals surface area (Å²) >= 11 is 1.77. The first-order valence-electron chi connectivity index (χ1n) is 8.14. The van der Waals surface area contributed by atoms with Crippen LogP contribution in [0.3, 0.4) is 0 Å². The molecule has 2 aromatic rings. The highest BCUT2D eigenvalue weighted by molar-refractivity contribution is 7.98. The Labute approximate surface area is 137 Å². The van der Waals surface area contributed by atoms with E-state index in [0.717, 1.165) is 18.0 Å². The van der Waals surface area contributed by atoms with E-state index in [1.54, 1.807) is 11.8 Å². The van der Waals surface area contributed by atoms with Crippen LogP contribution in [0.25, 0.3) is 5.65 Å². The van der Waals surface area contributed by atoms with Crippen molar-refractivity contribution in [3.63, 3.8) is 0 Å². The first-order valence-corrected chi connectivity index (χ1v) is 9.36. The second-order valence-electron chi connectivity index (χ2n) is 7.21. The van der Waals surface area contributed by atoms with Crippen molar-refractivity contribution < 1.29 is 0 Å². The van der Waals surface area contributed by atoms with Crippen LogP contribution >= 0.6 is 11.8 Å². The summed E-state index contributed by atoms with van der Waals surface area (Å²) in [4.78, 5) is 2.56. The van der Waals surface area contributed by atoms with Crippen molar-refractivity contribution >= 4 is 17.4 Å². The molecule has 1 aliphatic rings. The van der Waals surface area contributed by atoms with E-state index in [0.29, 0.717) is 0 Å². The van der Waals surface area contributed by atoms with E-state index >= 15 is 0 Å². The first-order chi connectivity index (χ1) is 10.5. The van der Waals surface area contributed by atoms with Gasteiger partial charge in [0.1, 0.15) is 5.82 Å². The zero-order valence-electron chi connectivity index (χ0n) is 14.1. The van der Waals surface area contributed by atoms with Crippen LogP contribution in [0.15, 0.2) is 17.2 Å². The summed E-state index contributed by atoms with van der Waals surface area (Å²) in [6.07, 6.45) is 6.17. The summed E-state index contributed by atoms with van der Waals surface area (Å²) in [5.74, 6) is 1.04. The summed E-state index contributed by atoms with van der Waals surface area (Å²) in [6.45, 7) is 10.0. The molecule has 1 saturated heterocycles. The monoisotopic (exact) mass is 318 g/mol. The Bertz CT molecular complexity index is 650. The Kier molecular flexibility index (Phi) is 4.46. The summed E-state index contributed by atoms with van der Waals surface area (Å²) in [7, 11) is 0. The van der Waals surface area contributed by atoms with Crippen LogP contribution < -0.4 is 0 Å². The molecule has 5 heteroatoms. The number of piperidine rings is 1. The third-order valence-electron chi connectivity index (χ3n) is 4.27. The predicted octanol–water partition coefficient (Wildman–Crippen LogP) is 3.73. The topological polar surface area (TPSA) is 33.4 Å². The molecule has 0 aromatic carbocycles. The van der Waals surface area contributed by atoms with Crippen LogP contribution in [0.1, 0.15) is 51.4 Å². The maximum Gasteiger partial charge on any atom is 0.162 e. The number of hydrogen-bond acceptors (Lipinski definition) is 4. The van der Waals surface area contributed by atoms with Gasteiger partial charge in [0, 0.05) is 12.0 Å². The van der Waals surface area contributed by atoms with Gasteiger partial charge in [-0.25, -0.2) is 0 Å². The van der Waals surface area contributed by atoms with Gasteiger partial charge in [0.25, 0.3) is 0 Å². The zero-order valence-corrected chi connectivity index (χ0v) is 14.9. The van der Waals surface area contributed by atoms with Gasteiger partial charge in [-0.15, -0.1) is 22.0 Å². The lowest BCUT2D eigenvalue weighted by atomic mass is 9.96. The molecule has 0 amide bonds. The lowest BCUT2D eigenvalue weighted by Crippen LogP contribution is -2.29. The van der Waals surface area contributed by atoms with E-state index in [1.165, 1.54) is 42.9 Å². The number of thioether (sulfide) groups is 1. The van der Waals surface area contributed by atoms with Crippen molar-refractivity contribution in [3.05, 3.63) is 23.5 Å².